The van der Waals surface area contributed by atoms with Crippen LogP contribution < -0.4 is 0 Å². The number of nitrogens with zero attached hydrogens (tertiary/aromatic N) is 3. The lowest BCUT2D eigenvalue weighted by molar-refractivity contribution is -0.0814. The molecule has 2 saturated heterocycles. The van der Waals surface area contributed by atoms with Gasteiger partial charge in [0.25, 0.3) is 5.91 Å². The molecule has 0 spiro atoms. The minimum absolute atomic E-state index is 0.0527. The largest absolute Gasteiger partial charge is 0.373 e. The van der Waals surface area contributed by atoms with Crippen molar-refractivity contribution in [2.45, 2.75) is 37.7 Å². The molecule has 0 radical (unpaired) electrons. The minimum Gasteiger partial charge on any atom is -0.373 e. The van der Waals surface area contributed by atoms with Gasteiger partial charge in [-0.1, -0.05) is 6.07 Å². The zero-order chi connectivity index (χ0) is 17.2. The van der Waals surface area contributed by atoms with Crippen molar-refractivity contribution in [2.24, 2.45) is 7.05 Å². The van der Waals surface area contributed by atoms with Gasteiger partial charge in [0, 0.05) is 26.0 Å². The van der Waals surface area contributed by atoms with Gasteiger partial charge in [-0.25, -0.2) is 0 Å². The second kappa shape index (κ2) is 6.98. The van der Waals surface area contributed by atoms with Crippen molar-refractivity contribution in [3.05, 3.63) is 54.1 Å². The Labute approximate surface area is 147 Å². The Morgan fingerprint density at radius 2 is 2.28 bits per heavy atom. The number of hydrogen-bond donors (Lipinski definition) is 0. The van der Waals surface area contributed by atoms with E-state index < -0.39 is 0 Å². The molecular formula is C19H23N3O3. The smallest absolute Gasteiger partial charge is 0.270 e. The summed E-state index contributed by atoms with van der Waals surface area (Å²) in [7, 11) is 1.90. The van der Waals surface area contributed by atoms with Crippen molar-refractivity contribution in [3.63, 3.8) is 0 Å². The molecule has 4 heterocycles. The van der Waals surface area contributed by atoms with E-state index in [0.717, 1.165) is 25.1 Å². The molecule has 2 aliphatic heterocycles. The third-order valence-corrected chi connectivity index (χ3v) is 5.07. The molecule has 25 heavy (non-hydrogen) atoms. The Balaban J connectivity index is 1.49. The predicted molar refractivity (Wildman–Crippen MR) is 92.0 cm³/mol. The number of carbonyl (C=O) groups excluding carboxylic acids is 1. The second-order valence-electron chi connectivity index (χ2n) is 6.68. The highest BCUT2D eigenvalue weighted by Gasteiger charge is 2.47. The number of rotatable bonds is 4. The quantitative estimate of drug-likeness (QED) is 0.854. The zero-order valence-corrected chi connectivity index (χ0v) is 14.4. The van der Waals surface area contributed by atoms with E-state index in [1.54, 1.807) is 6.20 Å². The summed E-state index contributed by atoms with van der Waals surface area (Å²) in [5.41, 5.74) is 1.59. The molecule has 6 nitrogen and oxygen atoms in total. The predicted octanol–water partition coefficient (Wildman–Crippen LogP) is 2.01. The highest BCUT2D eigenvalue weighted by Crippen LogP contribution is 2.32. The van der Waals surface area contributed by atoms with Crippen LogP contribution in [0.1, 0.15) is 29.0 Å². The Hall–Kier alpha value is -2.18. The van der Waals surface area contributed by atoms with Gasteiger partial charge in [-0.05, 0) is 37.1 Å². The molecule has 2 fully saturated rings. The molecule has 4 rings (SSSR count). The molecular weight excluding hydrogens is 318 g/mol. The van der Waals surface area contributed by atoms with Gasteiger partial charge in [0.2, 0.25) is 0 Å². The maximum Gasteiger partial charge on any atom is 0.270 e. The van der Waals surface area contributed by atoms with Crippen LogP contribution in [0.2, 0.25) is 0 Å². The molecule has 0 aliphatic carbocycles. The summed E-state index contributed by atoms with van der Waals surface area (Å²) < 4.78 is 13.9. The lowest BCUT2D eigenvalue weighted by Crippen LogP contribution is -2.44. The monoisotopic (exact) mass is 341 g/mol. The highest BCUT2D eigenvalue weighted by atomic mass is 16.5. The number of pyridine rings is 1. The van der Waals surface area contributed by atoms with Crippen molar-refractivity contribution in [1.29, 1.82) is 0 Å². The number of hydrogen-bond acceptors (Lipinski definition) is 4. The molecule has 0 aromatic carbocycles. The zero-order valence-electron chi connectivity index (χ0n) is 14.4. The summed E-state index contributed by atoms with van der Waals surface area (Å²) in [5, 5.41) is 0. The number of fused-ring (bicyclic) bond motifs is 1. The first kappa shape index (κ1) is 16.3. The average molecular weight is 341 g/mol. The first-order valence-electron chi connectivity index (χ1n) is 8.79. The Morgan fingerprint density at radius 3 is 3.04 bits per heavy atom. The van der Waals surface area contributed by atoms with Gasteiger partial charge in [-0.3, -0.25) is 9.78 Å². The molecule has 0 saturated carbocycles. The molecule has 0 unspecified atom stereocenters. The molecule has 0 N–H and O–H groups in total. The third-order valence-electron chi connectivity index (χ3n) is 5.07. The van der Waals surface area contributed by atoms with Gasteiger partial charge in [0.15, 0.2) is 0 Å². The van der Waals surface area contributed by atoms with Crippen LogP contribution in [0.15, 0.2) is 42.7 Å². The van der Waals surface area contributed by atoms with E-state index in [4.69, 9.17) is 9.47 Å². The molecule has 0 bridgehead atoms. The fourth-order valence-electron chi connectivity index (χ4n) is 3.80. The second-order valence-corrected chi connectivity index (χ2v) is 6.68. The van der Waals surface area contributed by atoms with Gasteiger partial charge in [0.1, 0.15) is 17.9 Å². The van der Waals surface area contributed by atoms with Crippen LogP contribution in [-0.4, -0.2) is 51.8 Å². The molecule has 1 amide bonds. The summed E-state index contributed by atoms with van der Waals surface area (Å²) in [5.74, 6) is 0.0527. The van der Waals surface area contributed by atoms with E-state index in [0.29, 0.717) is 18.8 Å². The van der Waals surface area contributed by atoms with Gasteiger partial charge in [0.05, 0.1) is 24.9 Å². The van der Waals surface area contributed by atoms with Crippen LogP contribution >= 0.6 is 0 Å². The van der Waals surface area contributed by atoms with Crippen molar-refractivity contribution in [2.75, 3.05) is 13.2 Å². The molecule has 2 aromatic heterocycles. The van der Waals surface area contributed by atoms with E-state index in [1.165, 1.54) is 0 Å². The fourth-order valence-corrected chi connectivity index (χ4v) is 3.80. The van der Waals surface area contributed by atoms with Crippen LogP contribution in [0, 0.1) is 0 Å². The third kappa shape index (κ3) is 3.19. The SMILES string of the molecule is Cn1cccc1C(=O)N1C[C@H](OCc2ccccn2)[C@H]2OCCC[C@H]21. The number of aryl methyl sites for hydroxylation is 1. The maximum absolute atomic E-state index is 13.0. The van der Waals surface area contributed by atoms with Gasteiger partial charge >= 0.3 is 0 Å². The van der Waals surface area contributed by atoms with E-state index in [1.807, 2.05) is 53.0 Å². The maximum atomic E-state index is 13.0. The molecule has 6 heteroatoms. The van der Waals surface area contributed by atoms with Crippen molar-refractivity contribution >= 4 is 5.91 Å². The van der Waals surface area contributed by atoms with E-state index in [2.05, 4.69) is 4.98 Å². The summed E-state index contributed by atoms with van der Waals surface area (Å²) in [6.45, 7) is 1.73. The van der Waals surface area contributed by atoms with Crippen LogP contribution in [0.5, 0.6) is 0 Å². The Bertz CT molecular complexity index is 731. The summed E-state index contributed by atoms with van der Waals surface area (Å²) in [6.07, 6.45) is 5.43. The number of amides is 1. The Morgan fingerprint density at radius 1 is 1.36 bits per heavy atom. The minimum atomic E-state index is -0.114. The van der Waals surface area contributed by atoms with Gasteiger partial charge in [-0.2, -0.15) is 0 Å². The summed E-state index contributed by atoms with van der Waals surface area (Å²) >= 11 is 0. The molecule has 2 aliphatic rings. The normalized spacial score (nSPS) is 25.8. The van der Waals surface area contributed by atoms with Crippen LogP contribution in [0.25, 0.3) is 0 Å². The number of carbonyl (C=O) groups is 1. The molecule has 132 valence electrons. The van der Waals surface area contributed by atoms with Crippen LogP contribution in [0.3, 0.4) is 0 Å². The highest BCUT2D eigenvalue weighted by molar-refractivity contribution is 5.93. The van der Waals surface area contributed by atoms with Crippen molar-refractivity contribution in [3.8, 4) is 0 Å². The Kier molecular flexibility index (Phi) is 4.55. The van der Waals surface area contributed by atoms with Crippen molar-refractivity contribution < 1.29 is 14.3 Å². The van der Waals surface area contributed by atoms with Crippen LogP contribution in [0.4, 0.5) is 0 Å². The van der Waals surface area contributed by atoms with E-state index >= 15 is 0 Å². The first-order chi connectivity index (χ1) is 12.2. The molecule has 3 atom stereocenters. The molecule has 2 aromatic rings. The number of likely N-dealkylation sites (tertiary alicyclic amines) is 1. The van der Waals surface area contributed by atoms with E-state index in [9.17, 15) is 4.79 Å². The standard InChI is InChI=1S/C19H23N3O3/c1-21-10-4-7-16(21)19(23)22-12-17(18-15(22)8-5-11-24-18)25-13-14-6-2-3-9-20-14/h2-4,6-7,9-10,15,17-18H,5,8,11-13H2,1H3/t15-,17+,18+/m1/s1. The average Bonchev–Trinajstić information content (AvgIpc) is 3.24. The van der Waals surface area contributed by atoms with Crippen molar-refractivity contribution in [1.82, 2.24) is 14.5 Å². The topological polar surface area (TPSA) is 56.6 Å². The van der Waals surface area contributed by atoms with E-state index in [-0.39, 0.29) is 24.2 Å². The lowest BCUT2D eigenvalue weighted by atomic mass is 10.0. The summed E-state index contributed by atoms with van der Waals surface area (Å²) in [4.78, 5) is 19.2. The van der Waals surface area contributed by atoms with Gasteiger partial charge < -0.3 is 18.9 Å². The van der Waals surface area contributed by atoms with Gasteiger partial charge in [-0.15, -0.1) is 0 Å². The fraction of sp³-hybridized carbons (Fsp3) is 0.474. The summed E-state index contributed by atoms with van der Waals surface area (Å²) in [6, 6.07) is 9.63. The number of ether oxygens (including phenoxy) is 2. The lowest BCUT2D eigenvalue weighted by Gasteiger charge is -2.32. The number of aromatic nitrogens is 2. The first-order valence-corrected chi connectivity index (χ1v) is 8.79. The van der Waals surface area contributed by atoms with Crippen LogP contribution in [-0.2, 0) is 23.1 Å².